The van der Waals surface area contributed by atoms with E-state index in [0.29, 0.717) is 17.7 Å². The van der Waals surface area contributed by atoms with E-state index in [-0.39, 0.29) is 43.7 Å². The zero-order valence-electron chi connectivity index (χ0n) is 19.7. The summed E-state index contributed by atoms with van der Waals surface area (Å²) in [5, 5.41) is 0. The van der Waals surface area contributed by atoms with Gasteiger partial charge in [-0.15, -0.1) is 6.58 Å². The summed E-state index contributed by atoms with van der Waals surface area (Å²) in [5.74, 6) is -2.37. The van der Waals surface area contributed by atoms with Crippen molar-refractivity contribution >= 4 is 5.78 Å². The lowest BCUT2D eigenvalue weighted by Gasteiger charge is -2.38. The summed E-state index contributed by atoms with van der Waals surface area (Å²) in [6.07, 6.45) is -10.8. The number of carbonyl (C=O) groups excluding carboxylic acids is 1. The molecule has 0 radical (unpaired) electrons. The Bertz CT molecular complexity index is 1050. The van der Waals surface area contributed by atoms with E-state index in [1.807, 2.05) is 0 Å². The second-order valence-corrected chi connectivity index (χ2v) is 8.60. The number of alkyl halides is 6. The standard InChI is InChI=1S/C26H25F7O4/c1-3-9-35-14-22(34)21-8-10-36-24(23(21)16-4-6-20(27)7-5-16)37-15(2)17-11-18(25(28,29)30)13-19(12-17)26(31,32)33/h3-7,11-13,15,21,23-24H,1,8-10,14H2,2H3/t15-,21+,23+,24-/m1/s1. The molecule has 1 aliphatic rings. The molecule has 2 aromatic carbocycles. The predicted molar refractivity (Wildman–Crippen MR) is 119 cm³/mol. The van der Waals surface area contributed by atoms with E-state index in [1.54, 1.807) is 0 Å². The molecule has 0 aromatic heterocycles. The number of hydrogen-bond acceptors (Lipinski definition) is 4. The van der Waals surface area contributed by atoms with Crippen LogP contribution in [0.2, 0.25) is 0 Å². The van der Waals surface area contributed by atoms with Gasteiger partial charge in [-0.05, 0) is 54.8 Å². The highest BCUT2D eigenvalue weighted by atomic mass is 19.4. The predicted octanol–water partition coefficient (Wildman–Crippen LogP) is 6.86. The monoisotopic (exact) mass is 534 g/mol. The summed E-state index contributed by atoms with van der Waals surface area (Å²) in [5.41, 5.74) is -2.86. The van der Waals surface area contributed by atoms with Crippen LogP contribution < -0.4 is 0 Å². The lowest BCUT2D eigenvalue weighted by atomic mass is 9.79. The molecule has 1 saturated heterocycles. The average Bonchev–Trinajstić information content (AvgIpc) is 2.83. The number of Topliss-reactive ketones (excluding diaryl/α,β-unsaturated/α-hetero) is 1. The topological polar surface area (TPSA) is 44.8 Å². The van der Waals surface area contributed by atoms with Crippen LogP contribution in [0.15, 0.2) is 55.1 Å². The summed E-state index contributed by atoms with van der Waals surface area (Å²) in [7, 11) is 0. The zero-order valence-corrected chi connectivity index (χ0v) is 19.7. The first-order valence-electron chi connectivity index (χ1n) is 11.3. The molecule has 0 N–H and O–H groups in total. The van der Waals surface area contributed by atoms with Gasteiger partial charge < -0.3 is 14.2 Å². The molecule has 37 heavy (non-hydrogen) atoms. The van der Waals surface area contributed by atoms with E-state index >= 15 is 0 Å². The van der Waals surface area contributed by atoms with Crippen LogP contribution in [0, 0.1) is 11.7 Å². The molecule has 0 bridgehead atoms. The third-order valence-corrected chi connectivity index (χ3v) is 6.00. The maximum absolute atomic E-state index is 13.6. The first-order valence-corrected chi connectivity index (χ1v) is 11.3. The third kappa shape index (κ3) is 7.39. The third-order valence-electron chi connectivity index (χ3n) is 6.00. The minimum Gasteiger partial charge on any atom is -0.370 e. The SMILES string of the molecule is C=CCOCC(=O)[C@@H]1CCO[C@H](O[C@H](C)c2cc(C(F)(F)F)cc(C(F)(F)F)c2)[C@H]1c1ccc(F)cc1. The lowest BCUT2D eigenvalue weighted by molar-refractivity contribution is -0.209. The fraction of sp³-hybridized carbons (Fsp3) is 0.423. The molecule has 11 heteroatoms. The van der Waals surface area contributed by atoms with Gasteiger partial charge in [0.15, 0.2) is 12.1 Å². The van der Waals surface area contributed by atoms with Crippen LogP contribution in [-0.2, 0) is 31.4 Å². The first-order chi connectivity index (χ1) is 17.3. The molecule has 3 rings (SSSR count). The minimum atomic E-state index is -5.02. The van der Waals surface area contributed by atoms with Crippen molar-refractivity contribution in [1.29, 1.82) is 0 Å². The van der Waals surface area contributed by atoms with Crippen molar-refractivity contribution in [2.45, 2.75) is 44.0 Å². The molecule has 0 spiro atoms. The quantitative estimate of drug-likeness (QED) is 0.200. The average molecular weight is 534 g/mol. The Morgan fingerprint density at radius 3 is 2.22 bits per heavy atom. The van der Waals surface area contributed by atoms with E-state index < -0.39 is 53.5 Å². The van der Waals surface area contributed by atoms with Gasteiger partial charge in [0.25, 0.3) is 0 Å². The minimum absolute atomic E-state index is 0.0343. The van der Waals surface area contributed by atoms with Gasteiger partial charge in [0.2, 0.25) is 0 Å². The van der Waals surface area contributed by atoms with E-state index in [0.717, 1.165) is 0 Å². The number of hydrogen-bond donors (Lipinski definition) is 0. The van der Waals surface area contributed by atoms with Gasteiger partial charge in [-0.3, -0.25) is 4.79 Å². The van der Waals surface area contributed by atoms with E-state index in [1.165, 1.54) is 37.3 Å². The molecular weight excluding hydrogens is 509 g/mol. The van der Waals surface area contributed by atoms with Crippen molar-refractivity contribution in [3.63, 3.8) is 0 Å². The summed E-state index contributed by atoms with van der Waals surface area (Å²) < 4.78 is 110. The van der Waals surface area contributed by atoms with Crippen LogP contribution in [0.3, 0.4) is 0 Å². The van der Waals surface area contributed by atoms with Gasteiger partial charge in [0.05, 0.1) is 30.4 Å². The molecule has 0 saturated carbocycles. The Morgan fingerprint density at radius 1 is 1.08 bits per heavy atom. The van der Waals surface area contributed by atoms with Gasteiger partial charge in [0.1, 0.15) is 12.4 Å². The van der Waals surface area contributed by atoms with E-state index in [2.05, 4.69) is 6.58 Å². The molecule has 0 unspecified atom stereocenters. The molecular formula is C26H25F7O4. The summed E-state index contributed by atoms with van der Waals surface area (Å²) in [6.45, 7) is 4.72. The molecule has 0 amide bonds. The van der Waals surface area contributed by atoms with Crippen molar-refractivity contribution in [1.82, 2.24) is 0 Å². The van der Waals surface area contributed by atoms with Gasteiger partial charge in [-0.2, -0.15) is 26.3 Å². The second kappa shape index (κ2) is 11.7. The van der Waals surface area contributed by atoms with Crippen molar-refractivity contribution < 1.29 is 49.7 Å². The van der Waals surface area contributed by atoms with E-state index in [4.69, 9.17) is 14.2 Å². The normalized spacial score (nSPS) is 21.5. The Morgan fingerprint density at radius 2 is 1.68 bits per heavy atom. The summed E-state index contributed by atoms with van der Waals surface area (Å²) in [6, 6.07) is 6.39. The number of ether oxygens (including phenoxy) is 3. The molecule has 2 aromatic rings. The van der Waals surface area contributed by atoms with Crippen LogP contribution in [-0.4, -0.2) is 31.9 Å². The van der Waals surface area contributed by atoms with Gasteiger partial charge in [-0.1, -0.05) is 18.2 Å². The Kier molecular flexibility index (Phi) is 9.14. The smallest absolute Gasteiger partial charge is 0.370 e. The zero-order chi connectivity index (χ0) is 27.4. The fourth-order valence-corrected chi connectivity index (χ4v) is 4.19. The highest BCUT2D eigenvalue weighted by Gasteiger charge is 2.42. The van der Waals surface area contributed by atoms with Crippen molar-refractivity contribution in [3.05, 3.63) is 83.2 Å². The van der Waals surface area contributed by atoms with E-state index in [9.17, 15) is 35.5 Å². The molecule has 1 aliphatic heterocycles. The molecule has 1 fully saturated rings. The van der Waals surface area contributed by atoms with Gasteiger partial charge >= 0.3 is 12.4 Å². The van der Waals surface area contributed by atoms with Crippen LogP contribution in [0.25, 0.3) is 0 Å². The largest absolute Gasteiger partial charge is 0.416 e. The number of carbonyl (C=O) groups is 1. The number of halogens is 7. The maximum Gasteiger partial charge on any atom is 0.416 e. The van der Waals surface area contributed by atoms with Gasteiger partial charge in [-0.25, -0.2) is 4.39 Å². The maximum atomic E-state index is 13.6. The van der Waals surface area contributed by atoms with Crippen molar-refractivity contribution in [3.8, 4) is 0 Å². The summed E-state index contributed by atoms with van der Waals surface area (Å²) in [4.78, 5) is 12.9. The van der Waals surface area contributed by atoms with Crippen molar-refractivity contribution in [2.24, 2.45) is 5.92 Å². The Balaban J connectivity index is 1.94. The molecule has 202 valence electrons. The van der Waals surface area contributed by atoms with Gasteiger partial charge in [0, 0.05) is 11.8 Å². The number of ketones is 1. The molecule has 4 atom stereocenters. The Labute approximate surface area is 209 Å². The highest BCUT2D eigenvalue weighted by molar-refractivity contribution is 5.83. The van der Waals surface area contributed by atoms with Crippen LogP contribution in [0.1, 0.15) is 47.6 Å². The highest BCUT2D eigenvalue weighted by Crippen LogP contribution is 2.41. The summed E-state index contributed by atoms with van der Waals surface area (Å²) >= 11 is 0. The molecule has 1 heterocycles. The first kappa shape index (κ1) is 28.8. The second-order valence-electron chi connectivity index (χ2n) is 8.60. The fourth-order valence-electron chi connectivity index (χ4n) is 4.19. The molecule has 0 aliphatic carbocycles. The Hall–Kier alpha value is -2.76. The lowest BCUT2D eigenvalue weighted by Crippen LogP contribution is -2.41. The van der Waals surface area contributed by atoms with Crippen LogP contribution in [0.5, 0.6) is 0 Å². The van der Waals surface area contributed by atoms with Crippen molar-refractivity contribution in [2.75, 3.05) is 19.8 Å². The molecule has 4 nitrogen and oxygen atoms in total. The van der Waals surface area contributed by atoms with Crippen LogP contribution >= 0.6 is 0 Å². The number of benzene rings is 2. The number of rotatable bonds is 9. The van der Waals surface area contributed by atoms with Crippen LogP contribution in [0.4, 0.5) is 30.7 Å².